The number of aliphatic imine (C=N–C) groups is 1. The van der Waals surface area contributed by atoms with Gasteiger partial charge in [-0.2, -0.15) is 5.10 Å². The topological polar surface area (TPSA) is 77.5 Å². The third kappa shape index (κ3) is 6.27. The molecule has 0 radical (unpaired) electrons. The van der Waals surface area contributed by atoms with Crippen LogP contribution < -0.4 is 15.8 Å². The van der Waals surface area contributed by atoms with Gasteiger partial charge in [0, 0.05) is 25.4 Å². The summed E-state index contributed by atoms with van der Waals surface area (Å²) in [5.74, 6) is -0.0243. The SMILES string of the molecule is Cn1cc(-c2cccc(CN=C(N)NCc3ccc(OC(F)(F)F)cc3)c2)cn1. The molecule has 0 spiro atoms. The quantitative estimate of drug-likeness (QED) is 0.487. The molecule has 0 fully saturated rings. The molecule has 0 saturated heterocycles. The number of guanidine groups is 1. The molecule has 0 aliphatic rings. The average Bonchev–Trinajstić information content (AvgIpc) is 3.11. The maximum Gasteiger partial charge on any atom is 0.573 e. The number of rotatable bonds is 6. The van der Waals surface area contributed by atoms with Crippen molar-refractivity contribution in [2.24, 2.45) is 17.8 Å². The molecular formula is C20H20F3N5O. The summed E-state index contributed by atoms with van der Waals surface area (Å²) in [6.45, 7) is 0.725. The lowest BCUT2D eigenvalue weighted by Crippen LogP contribution is -2.31. The molecule has 0 aliphatic heterocycles. The fraction of sp³-hybridized carbons (Fsp3) is 0.200. The molecule has 0 saturated carbocycles. The lowest BCUT2D eigenvalue weighted by molar-refractivity contribution is -0.274. The molecule has 0 bridgehead atoms. The number of nitrogens with one attached hydrogen (secondary N) is 1. The van der Waals surface area contributed by atoms with Crippen LogP contribution in [0.5, 0.6) is 5.75 Å². The van der Waals surface area contributed by atoms with Gasteiger partial charge in [0.25, 0.3) is 0 Å². The van der Waals surface area contributed by atoms with Crippen molar-refractivity contribution in [3.8, 4) is 16.9 Å². The highest BCUT2D eigenvalue weighted by molar-refractivity contribution is 5.77. The van der Waals surface area contributed by atoms with Gasteiger partial charge >= 0.3 is 6.36 Å². The highest BCUT2D eigenvalue weighted by Crippen LogP contribution is 2.23. The molecular weight excluding hydrogens is 383 g/mol. The second-order valence-electron chi connectivity index (χ2n) is 6.35. The van der Waals surface area contributed by atoms with E-state index in [0.29, 0.717) is 13.1 Å². The van der Waals surface area contributed by atoms with Crippen LogP contribution in [0.3, 0.4) is 0 Å². The minimum Gasteiger partial charge on any atom is -0.406 e. The summed E-state index contributed by atoms with van der Waals surface area (Å²) in [5, 5.41) is 7.11. The Labute approximate surface area is 165 Å². The van der Waals surface area contributed by atoms with Gasteiger partial charge in [-0.05, 0) is 34.9 Å². The number of aryl methyl sites for hydroxylation is 1. The van der Waals surface area contributed by atoms with Crippen molar-refractivity contribution in [1.29, 1.82) is 0 Å². The van der Waals surface area contributed by atoms with E-state index in [9.17, 15) is 13.2 Å². The normalized spacial score (nSPS) is 12.1. The van der Waals surface area contributed by atoms with Gasteiger partial charge in [-0.15, -0.1) is 13.2 Å². The Balaban J connectivity index is 1.54. The van der Waals surface area contributed by atoms with Gasteiger partial charge in [-0.25, -0.2) is 4.99 Å². The minimum atomic E-state index is -4.70. The number of nitrogens with two attached hydrogens (primary N) is 1. The van der Waals surface area contributed by atoms with Crippen molar-refractivity contribution >= 4 is 5.96 Å². The molecule has 0 amide bonds. The Bertz CT molecular complexity index is 980. The van der Waals surface area contributed by atoms with E-state index < -0.39 is 6.36 Å². The van der Waals surface area contributed by atoms with Crippen LogP contribution in [0.1, 0.15) is 11.1 Å². The number of benzene rings is 2. The smallest absolute Gasteiger partial charge is 0.406 e. The van der Waals surface area contributed by atoms with Gasteiger partial charge in [-0.3, -0.25) is 4.68 Å². The van der Waals surface area contributed by atoms with E-state index in [4.69, 9.17) is 5.73 Å². The van der Waals surface area contributed by atoms with Gasteiger partial charge < -0.3 is 15.8 Å². The number of halogens is 3. The third-order valence-corrected chi connectivity index (χ3v) is 4.03. The Morgan fingerprint density at radius 1 is 1.14 bits per heavy atom. The van der Waals surface area contributed by atoms with Crippen LogP contribution in [0.25, 0.3) is 11.1 Å². The Morgan fingerprint density at radius 3 is 2.55 bits per heavy atom. The number of nitrogens with zero attached hydrogens (tertiary/aromatic N) is 3. The first-order valence-electron chi connectivity index (χ1n) is 8.75. The van der Waals surface area contributed by atoms with Crippen LogP contribution in [-0.4, -0.2) is 22.1 Å². The lowest BCUT2D eigenvalue weighted by Gasteiger charge is -2.10. The summed E-state index contributed by atoms with van der Waals surface area (Å²) in [5.41, 5.74) is 9.68. The molecule has 152 valence electrons. The van der Waals surface area contributed by atoms with E-state index in [-0.39, 0.29) is 11.7 Å². The van der Waals surface area contributed by atoms with E-state index in [1.165, 1.54) is 24.3 Å². The second kappa shape index (κ2) is 8.68. The van der Waals surface area contributed by atoms with Crippen LogP contribution in [0.4, 0.5) is 13.2 Å². The van der Waals surface area contributed by atoms with Gasteiger partial charge in [0.05, 0.1) is 12.7 Å². The molecule has 29 heavy (non-hydrogen) atoms. The minimum absolute atomic E-state index is 0.243. The fourth-order valence-corrected chi connectivity index (χ4v) is 2.65. The molecule has 0 unspecified atom stereocenters. The number of hydrogen-bond donors (Lipinski definition) is 2. The van der Waals surface area contributed by atoms with Crippen molar-refractivity contribution in [1.82, 2.24) is 15.1 Å². The Hall–Kier alpha value is -3.49. The van der Waals surface area contributed by atoms with Crippen molar-refractivity contribution in [3.63, 3.8) is 0 Å². The monoisotopic (exact) mass is 403 g/mol. The van der Waals surface area contributed by atoms with Crippen LogP contribution in [0.15, 0.2) is 65.9 Å². The van der Waals surface area contributed by atoms with E-state index in [0.717, 1.165) is 22.3 Å². The molecule has 0 aliphatic carbocycles. The highest BCUT2D eigenvalue weighted by atomic mass is 19.4. The summed E-state index contributed by atoms with van der Waals surface area (Å²) >= 11 is 0. The maximum absolute atomic E-state index is 12.2. The Morgan fingerprint density at radius 2 is 1.90 bits per heavy atom. The molecule has 1 aromatic heterocycles. The first kappa shape index (κ1) is 20.2. The Kier molecular flexibility index (Phi) is 6.06. The van der Waals surface area contributed by atoms with Crippen molar-refractivity contribution in [2.45, 2.75) is 19.5 Å². The van der Waals surface area contributed by atoms with Gasteiger partial charge in [0.1, 0.15) is 5.75 Å². The number of aromatic nitrogens is 2. The number of ether oxygens (including phenoxy) is 1. The highest BCUT2D eigenvalue weighted by Gasteiger charge is 2.30. The second-order valence-corrected chi connectivity index (χ2v) is 6.35. The summed E-state index contributed by atoms with van der Waals surface area (Å²) < 4.78 is 42.1. The van der Waals surface area contributed by atoms with Crippen LogP contribution in [0.2, 0.25) is 0 Å². The van der Waals surface area contributed by atoms with E-state index in [1.54, 1.807) is 10.9 Å². The van der Waals surface area contributed by atoms with Crippen molar-refractivity contribution in [2.75, 3.05) is 0 Å². The zero-order valence-electron chi connectivity index (χ0n) is 15.6. The summed E-state index contributed by atoms with van der Waals surface area (Å²) in [7, 11) is 1.86. The summed E-state index contributed by atoms with van der Waals surface area (Å²) in [4.78, 5) is 4.30. The van der Waals surface area contributed by atoms with Gasteiger partial charge in [0.2, 0.25) is 0 Å². The van der Waals surface area contributed by atoms with E-state index in [1.807, 2.05) is 37.5 Å². The zero-order valence-corrected chi connectivity index (χ0v) is 15.6. The number of alkyl halides is 3. The predicted octanol–water partition coefficient (Wildman–Crippen LogP) is 3.59. The molecule has 9 heteroatoms. The lowest BCUT2D eigenvalue weighted by atomic mass is 10.1. The maximum atomic E-state index is 12.2. The van der Waals surface area contributed by atoms with Crippen molar-refractivity contribution in [3.05, 3.63) is 72.1 Å². The molecule has 3 rings (SSSR count). The van der Waals surface area contributed by atoms with Crippen LogP contribution >= 0.6 is 0 Å². The van der Waals surface area contributed by atoms with E-state index in [2.05, 4.69) is 20.1 Å². The first-order chi connectivity index (χ1) is 13.8. The molecule has 3 N–H and O–H groups in total. The number of hydrogen-bond acceptors (Lipinski definition) is 3. The molecule has 6 nitrogen and oxygen atoms in total. The first-order valence-corrected chi connectivity index (χ1v) is 8.75. The molecule has 2 aromatic carbocycles. The van der Waals surface area contributed by atoms with Gasteiger partial charge in [0.15, 0.2) is 5.96 Å². The molecule has 3 aromatic rings. The molecule has 0 atom stereocenters. The largest absolute Gasteiger partial charge is 0.573 e. The third-order valence-electron chi connectivity index (χ3n) is 4.03. The average molecular weight is 403 g/mol. The van der Waals surface area contributed by atoms with Gasteiger partial charge in [-0.1, -0.05) is 30.3 Å². The standard InChI is InChI=1S/C20H20F3N5O/c1-28-13-17(12-27-28)16-4-2-3-15(9-16)11-26-19(24)25-10-14-5-7-18(8-6-14)29-20(21,22)23/h2-9,12-13H,10-11H2,1H3,(H3,24,25,26). The zero-order chi connectivity index (χ0) is 20.9. The van der Waals surface area contributed by atoms with Crippen LogP contribution in [-0.2, 0) is 20.1 Å². The molecule has 1 heterocycles. The summed E-state index contributed by atoms with van der Waals surface area (Å²) in [6.07, 6.45) is -0.974. The summed E-state index contributed by atoms with van der Waals surface area (Å²) in [6, 6.07) is 13.5. The van der Waals surface area contributed by atoms with Crippen LogP contribution in [0, 0.1) is 0 Å². The van der Waals surface area contributed by atoms with Crippen molar-refractivity contribution < 1.29 is 17.9 Å². The van der Waals surface area contributed by atoms with E-state index >= 15 is 0 Å². The fourth-order valence-electron chi connectivity index (χ4n) is 2.65. The predicted molar refractivity (Wildman–Crippen MR) is 104 cm³/mol.